The second-order valence-electron chi connectivity index (χ2n) is 8.87. The van der Waals surface area contributed by atoms with Gasteiger partial charge in [0.2, 0.25) is 0 Å². The van der Waals surface area contributed by atoms with E-state index in [1.807, 2.05) is 35.8 Å². The Bertz CT molecular complexity index is 660. The largest absolute Gasteiger partial charge is 4.00 e. The quantitative estimate of drug-likeness (QED) is 0.255. The van der Waals surface area contributed by atoms with Crippen LogP contribution in [-0.2, 0) is 40.9 Å². The van der Waals surface area contributed by atoms with Gasteiger partial charge in [0.25, 0.3) is 0 Å². The van der Waals surface area contributed by atoms with E-state index in [1.54, 1.807) is 27.7 Å². The van der Waals surface area contributed by atoms with Crippen molar-refractivity contribution in [2.45, 2.75) is 71.5 Å². The number of hydrogen-bond donors (Lipinski definition) is 1. The number of likely N-dealkylation sites (N-methyl/N-ethyl adjacent to an activating group) is 3. The van der Waals surface area contributed by atoms with Crippen molar-refractivity contribution in [1.82, 2.24) is 20.0 Å². The molecule has 3 unspecified atom stereocenters. The van der Waals surface area contributed by atoms with Crippen LogP contribution in [0, 0.1) is 6.04 Å². The van der Waals surface area contributed by atoms with Crippen molar-refractivity contribution in [3.63, 3.8) is 0 Å². The molecule has 1 aliphatic rings. The molecule has 1 N–H and O–H groups in total. The summed E-state index contributed by atoms with van der Waals surface area (Å²) in [5.74, 6) is 0.224. The summed E-state index contributed by atoms with van der Waals surface area (Å²) >= 11 is 0. The molecular formula is C23H41Cl3N4O4Ti. The third kappa shape index (κ3) is 14.5. The number of Topliss-reactive ketones (excluding diaryl/α,β-unsaturated/α-hetero) is 4. The van der Waals surface area contributed by atoms with Crippen molar-refractivity contribution in [3.05, 3.63) is 6.04 Å². The number of ketones is 4. The van der Waals surface area contributed by atoms with Crippen molar-refractivity contribution in [3.8, 4) is 0 Å². The number of rotatable bonds is 4. The molecule has 0 spiro atoms. The molecule has 12 heteroatoms. The van der Waals surface area contributed by atoms with E-state index < -0.39 is 0 Å². The SMILES string of the molecule is CC(=O)[C-]1CCN(C)C(C(C)=O)CCNC(C(C)=O)CCN(C)C(C(C)=O)CCN1C.[Cl-].[Cl-].[Cl-].[Ti+4]. The first-order chi connectivity index (χ1) is 14.5. The van der Waals surface area contributed by atoms with Crippen LogP contribution >= 0.6 is 0 Å². The molecule has 0 amide bonds. The molecule has 1 heterocycles. The van der Waals surface area contributed by atoms with Crippen molar-refractivity contribution in [2.75, 3.05) is 47.3 Å². The maximum Gasteiger partial charge on any atom is 4.00 e. The number of nitrogens with zero attached hydrogens (tertiary/aromatic N) is 3. The Morgan fingerprint density at radius 1 is 0.714 bits per heavy atom. The van der Waals surface area contributed by atoms with E-state index in [4.69, 9.17) is 0 Å². The number of hydrogen-bond acceptors (Lipinski definition) is 8. The molecule has 1 aliphatic heterocycles. The predicted octanol–water partition coefficient (Wildman–Crippen LogP) is -8.05. The minimum atomic E-state index is -0.304. The molecular weight excluding hydrogens is 551 g/mol. The summed E-state index contributed by atoms with van der Waals surface area (Å²) in [5, 5.41) is 3.30. The maximum absolute atomic E-state index is 12.3. The molecule has 0 bridgehead atoms. The molecule has 1 saturated heterocycles. The van der Waals surface area contributed by atoms with E-state index in [9.17, 15) is 19.2 Å². The molecule has 1 fully saturated rings. The van der Waals surface area contributed by atoms with Gasteiger partial charge in [0.05, 0.1) is 18.1 Å². The van der Waals surface area contributed by atoms with Gasteiger partial charge < -0.3 is 52.2 Å². The second kappa shape index (κ2) is 21.0. The van der Waals surface area contributed by atoms with E-state index in [0.29, 0.717) is 57.9 Å². The summed E-state index contributed by atoms with van der Waals surface area (Å²) in [6.07, 6.45) is 2.32. The smallest absolute Gasteiger partial charge is 1.00 e. The molecule has 0 saturated carbocycles. The van der Waals surface area contributed by atoms with Crippen LogP contribution < -0.4 is 42.5 Å². The maximum atomic E-state index is 12.3. The normalized spacial score (nSPS) is 24.0. The zero-order chi connectivity index (χ0) is 23.7. The third-order valence-electron chi connectivity index (χ3n) is 6.38. The fourth-order valence-corrected chi connectivity index (χ4v) is 4.32. The van der Waals surface area contributed by atoms with Gasteiger partial charge in [-0.1, -0.05) is 0 Å². The molecule has 0 aromatic carbocycles. The Hall–Kier alpha value is -0.0257. The van der Waals surface area contributed by atoms with Gasteiger partial charge in [-0.2, -0.15) is 0 Å². The predicted molar refractivity (Wildman–Crippen MR) is 122 cm³/mol. The summed E-state index contributed by atoms with van der Waals surface area (Å²) in [6.45, 7) is 8.61. The van der Waals surface area contributed by atoms with Gasteiger partial charge in [-0.3, -0.25) is 24.2 Å². The number of nitrogens with one attached hydrogen (secondary N) is 1. The minimum absolute atomic E-state index is 0. The van der Waals surface area contributed by atoms with Gasteiger partial charge in [0, 0.05) is 12.3 Å². The summed E-state index contributed by atoms with van der Waals surface area (Å²) in [4.78, 5) is 54.8. The van der Waals surface area contributed by atoms with E-state index in [-0.39, 0.29) is 100 Å². The van der Waals surface area contributed by atoms with Crippen molar-refractivity contribution >= 4 is 23.1 Å². The molecule has 8 nitrogen and oxygen atoms in total. The average Bonchev–Trinajstić information content (AvgIpc) is 2.65. The Morgan fingerprint density at radius 2 is 1.20 bits per heavy atom. The van der Waals surface area contributed by atoms with Crippen LogP contribution in [0.25, 0.3) is 0 Å². The van der Waals surface area contributed by atoms with Crippen molar-refractivity contribution in [2.24, 2.45) is 0 Å². The van der Waals surface area contributed by atoms with Gasteiger partial charge >= 0.3 is 21.7 Å². The topological polar surface area (TPSA) is 90.0 Å². The molecule has 1 rings (SSSR count). The monoisotopic (exact) mass is 590 g/mol. The van der Waals surface area contributed by atoms with E-state index in [0.717, 1.165) is 0 Å². The first kappa shape index (κ1) is 42.1. The van der Waals surface area contributed by atoms with Crippen molar-refractivity contribution in [1.29, 1.82) is 0 Å². The summed E-state index contributed by atoms with van der Waals surface area (Å²) in [7, 11) is 5.69. The Kier molecular flexibility index (Phi) is 25.2. The molecule has 3 atom stereocenters. The van der Waals surface area contributed by atoms with Crippen LogP contribution in [0.5, 0.6) is 0 Å². The van der Waals surface area contributed by atoms with E-state index in [2.05, 4.69) is 5.32 Å². The molecule has 0 aromatic heterocycles. The van der Waals surface area contributed by atoms with Gasteiger partial charge in [-0.25, -0.2) is 6.04 Å². The second-order valence-corrected chi connectivity index (χ2v) is 8.87. The van der Waals surface area contributed by atoms with Crippen molar-refractivity contribution < 1.29 is 78.1 Å². The van der Waals surface area contributed by atoms with Crippen LogP contribution in [-0.4, -0.2) is 103 Å². The van der Waals surface area contributed by atoms with Crippen LogP contribution in [0.4, 0.5) is 0 Å². The summed E-state index contributed by atoms with van der Waals surface area (Å²) < 4.78 is 0. The van der Waals surface area contributed by atoms with Crippen LogP contribution in [0.2, 0.25) is 0 Å². The van der Waals surface area contributed by atoms with Gasteiger partial charge in [0.15, 0.2) is 0 Å². The van der Waals surface area contributed by atoms with Crippen LogP contribution in [0.1, 0.15) is 53.4 Å². The number of carbonyl (C=O) groups excluding carboxylic acids is 4. The fourth-order valence-electron chi connectivity index (χ4n) is 4.32. The average molecular weight is 592 g/mol. The zero-order valence-corrected chi connectivity index (χ0v) is 25.8. The molecule has 0 aliphatic carbocycles. The fraction of sp³-hybridized carbons (Fsp3) is 0.783. The van der Waals surface area contributed by atoms with Gasteiger partial charge in [-0.05, 0) is 87.7 Å². The van der Waals surface area contributed by atoms with E-state index in [1.165, 1.54) is 0 Å². The molecule has 0 radical (unpaired) electrons. The zero-order valence-electron chi connectivity index (χ0n) is 22.0. The molecule has 35 heavy (non-hydrogen) atoms. The summed E-state index contributed by atoms with van der Waals surface area (Å²) in [5.41, 5.74) is 0. The molecule has 202 valence electrons. The standard InChI is InChI=1S/C23H41N4O4.3ClH.Ti/c1-16(28)20-9-13-25(5)22(18(3)30)11-15-27(7)23(19(4)31)10-14-26(6)21(17(2)29)8-12-24-20;;;;/h20-22,24H,8-15H2,1-7H3;3*1H;/q-1;;;;+4/p-3. The first-order valence-corrected chi connectivity index (χ1v) is 11.2. The van der Waals surface area contributed by atoms with Gasteiger partial charge in [-0.15, -0.1) is 6.42 Å². The first-order valence-electron chi connectivity index (χ1n) is 11.2. The molecule has 0 aromatic rings. The third-order valence-corrected chi connectivity index (χ3v) is 6.38. The minimum Gasteiger partial charge on any atom is -1.00 e. The van der Waals surface area contributed by atoms with Crippen LogP contribution in [0.15, 0.2) is 0 Å². The van der Waals surface area contributed by atoms with E-state index >= 15 is 0 Å². The summed E-state index contributed by atoms with van der Waals surface area (Å²) in [6, 6.07) is -0.126. The Labute approximate surface area is 245 Å². The number of halogens is 3. The number of carbonyl (C=O) groups is 4. The van der Waals surface area contributed by atoms with Crippen LogP contribution in [0.3, 0.4) is 0 Å². The Morgan fingerprint density at radius 3 is 1.66 bits per heavy atom. The Balaban J connectivity index is -0.00000120. The van der Waals surface area contributed by atoms with Gasteiger partial charge in [0.1, 0.15) is 17.3 Å².